The first-order valence-electron chi connectivity index (χ1n) is 13.9. The van der Waals surface area contributed by atoms with Crippen LogP contribution in [-0.2, 0) is 17.6 Å². The molecule has 3 heterocycles. The fourth-order valence-electron chi connectivity index (χ4n) is 5.82. The zero-order valence-corrected chi connectivity index (χ0v) is 22.8. The van der Waals surface area contributed by atoms with E-state index in [9.17, 15) is 24.9 Å². The zero-order chi connectivity index (χ0) is 29.7. The number of hydrogen-bond acceptors (Lipinski definition) is 9. The standard InChI is InChI=1S/C34H26O9/c35-23-7-6-19(14-24(23)36)29-16-25(37)33-26(38)17-30-32(34(33)43-29)22(15-31(39)42-30)21-3-1-2-4-28(21)41-11-9-18-5-8-27-20(13-18)10-12-40-27/h1-8,13-14,16-17,22,35-36,38H,9-12,15H2. The van der Waals surface area contributed by atoms with E-state index in [0.717, 1.165) is 17.7 Å². The van der Waals surface area contributed by atoms with E-state index in [4.69, 9.17) is 18.6 Å². The van der Waals surface area contributed by atoms with E-state index in [1.165, 1.54) is 35.9 Å². The summed E-state index contributed by atoms with van der Waals surface area (Å²) in [6.07, 6.45) is 1.50. The number of fused-ring (bicyclic) bond motifs is 4. The van der Waals surface area contributed by atoms with Gasteiger partial charge in [0.1, 0.15) is 39.7 Å². The van der Waals surface area contributed by atoms with Crippen LogP contribution in [-0.4, -0.2) is 34.5 Å². The molecule has 2 aliphatic rings. The van der Waals surface area contributed by atoms with Gasteiger partial charge in [-0.2, -0.15) is 0 Å². The number of phenols is 3. The van der Waals surface area contributed by atoms with E-state index in [2.05, 4.69) is 6.07 Å². The van der Waals surface area contributed by atoms with Crippen LogP contribution in [0, 0.1) is 0 Å². The Morgan fingerprint density at radius 3 is 2.58 bits per heavy atom. The SMILES string of the molecule is O=C1CC(c2ccccc2OCCc2ccc3c(c2)CCO3)c2c(cc(O)c3c(=O)cc(-c4ccc(O)c(O)c4)oc23)O1. The van der Waals surface area contributed by atoms with Gasteiger partial charge in [-0.1, -0.05) is 30.3 Å². The number of aromatic hydroxyl groups is 3. The Morgan fingerprint density at radius 2 is 1.72 bits per heavy atom. The van der Waals surface area contributed by atoms with Crippen LogP contribution in [0.25, 0.3) is 22.3 Å². The highest BCUT2D eigenvalue weighted by atomic mass is 16.5. The van der Waals surface area contributed by atoms with Gasteiger partial charge in [-0.25, -0.2) is 0 Å². The third kappa shape index (κ3) is 4.78. The van der Waals surface area contributed by atoms with Crippen molar-refractivity contribution in [3.63, 3.8) is 0 Å². The molecule has 3 N–H and O–H groups in total. The van der Waals surface area contributed by atoms with Crippen LogP contribution in [0.1, 0.15) is 34.6 Å². The predicted molar refractivity (Wildman–Crippen MR) is 156 cm³/mol. The Bertz CT molecular complexity index is 1970. The molecule has 7 rings (SSSR count). The Morgan fingerprint density at radius 1 is 0.860 bits per heavy atom. The lowest BCUT2D eigenvalue weighted by Gasteiger charge is -2.27. The molecule has 0 fully saturated rings. The number of ether oxygens (including phenoxy) is 3. The summed E-state index contributed by atoms with van der Waals surface area (Å²) in [6, 6.07) is 20.0. The summed E-state index contributed by atoms with van der Waals surface area (Å²) in [4.78, 5) is 26.1. The van der Waals surface area contributed by atoms with E-state index in [1.54, 1.807) is 0 Å². The van der Waals surface area contributed by atoms with Gasteiger partial charge in [0.15, 0.2) is 16.9 Å². The molecule has 1 atom stereocenters. The lowest BCUT2D eigenvalue weighted by molar-refractivity contribution is -0.135. The highest BCUT2D eigenvalue weighted by Crippen LogP contribution is 2.48. The van der Waals surface area contributed by atoms with Crippen molar-refractivity contribution in [3.05, 3.63) is 105 Å². The quantitative estimate of drug-likeness (QED) is 0.134. The number of rotatable bonds is 6. The lowest BCUT2D eigenvalue weighted by Crippen LogP contribution is -2.22. The molecule has 4 aromatic carbocycles. The van der Waals surface area contributed by atoms with Gasteiger partial charge in [0.25, 0.3) is 0 Å². The van der Waals surface area contributed by atoms with E-state index in [-0.39, 0.29) is 46.1 Å². The van der Waals surface area contributed by atoms with Crippen molar-refractivity contribution in [2.75, 3.05) is 13.2 Å². The van der Waals surface area contributed by atoms with Crippen LogP contribution in [0.3, 0.4) is 0 Å². The Labute approximate surface area is 245 Å². The van der Waals surface area contributed by atoms with Crippen LogP contribution in [0.4, 0.5) is 0 Å². The summed E-state index contributed by atoms with van der Waals surface area (Å²) in [5.41, 5.74) is 3.30. The predicted octanol–water partition coefficient (Wildman–Crippen LogP) is 5.57. The Balaban J connectivity index is 1.29. The molecule has 0 amide bonds. The third-order valence-electron chi connectivity index (χ3n) is 7.88. The Kier molecular flexibility index (Phi) is 6.42. The van der Waals surface area contributed by atoms with Gasteiger partial charge in [0.05, 0.1) is 19.6 Å². The molecule has 43 heavy (non-hydrogen) atoms. The molecule has 0 bridgehead atoms. The fourth-order valence-corrected chi connectivity index (χ4v) is 5.82. The number of carbonyl (C=O) groups excluding carboxylic acids is 1. The summed E-state index contributed by atoms with van der Waals surface area (Å²) in [6.45, 7) is 1.08. The van der Waals surface area contributed by atoms with Gasteiger partial charge in [-0.15, -0.1) is 0 Å². The lowest BCUT2D eigenvalue weighted by atomic mass is 9.84. The first kappa shape index (κ1) is 26.5. The topological polar surface area (TPSA) is 136 Å². The molecular weight excluding hydrogens is 552 g/mol. The minimum absolute atomic E-state index is 0.0496. The second-order valence-electron chi connectivity index (χ2n) is 10.6. The van der Waals surface area contributed by atoms with Gasteiger partial charge in [0, 0.05) is 47.6 Å². The van der Waals surface area contributed by atoms with Gasteiger partial charge in [-0.05, 0) is 41.5 Å². The molecule has 0 aliphatic carbocycles. The average molecular weight is 579 g/mol. The van der Waals surface area contributed by atoms with Gasteiger partial charge >= 0.3 is 5.97 Å². The highest BCUT2D eigenvalue weighted by molar-refractivity contribution is 5.93. The van der Waals surface area contributed by atoms with Crippen molar-refractivity contribution >= 4 is 16.9 Å². The number of phenolic OH excluding ortho intramolecular Hbond substituents is 3. The molecule has 5 aromatic rings. The highest BCUT2D eigenvalue weighted by Gasteiger charge is 2.35. The zero-order valence-electron chi connectivity index (χ0n) is 22.8. The van der Waals surface area contributed by atoms with E-state index in [0.29, 0.717) is 42.1 Å². The molecule has 9 nitrogen and oxygen atoms in total. The van der Waals surface area contributed by atoms with Gasteiger partial charge < -0.3 is 33.9 Å². The molecule has 216 valence electrons. The molecule has 1 unspecified atom stereocenters. The van der Waals surface area contributed by atoms with Gasteiger partial charge in [-0.3, -0.25) is 9.59 Å². The van der Waals surface area contributed by atoms with Crippen LogP contribution in [0.5, 0.6) is 34.5 Å². The first-order valence-corrected chi connectivity index (χ1v) is 13.9. The van der Waals surface area contributed by atoms with Crippen molar-refractivity contribution in [2.24, 2.45) is 0 Å². The molecule has 0 radical (unpaired) electrons. The third-order valence-corrected chi connectivity index (χ3v) is 7.88. The second kappa shape index (κ2) is 10.4. The number of carbonyl (C=O) groups is 1. The first-order chi connectivity index (χ1) is 20.9. The van der Waals surface area contributed by atoms with E-state index >= 15 is 0 Å². The Hall–Kier alpha value is -5.44. The van der Waals surface area contributed by atoms with Crippen LogP contribution >= 0.6 is 0 Å². The van der Waals surface area contributed by atoms with Crippen LogP contribution in [0.2, 0.25) is 0 Å². The van der Waals surface area contributed by atoms with Crippen molar-refractivity contribution < 1.29 is 38.7 Å². The van der Waals surface area contributed by atoms with Crippen molar-refractivity contribution in [3.8, 4) is 45.8 Å². The normalized spacial score (nSPS) is 15.4. The van der Waals surface area contributed by atoms with E-state index in [1.807, 2.05) is 36.4 Å². The maximum absolute atomic E-state index is 13.3. The molecule has 2 aliphatic heterocycles. The second-order valence-corrected chi connectivity index (χ2v) is 10.6. The summed E-state index contributed by atoms with van der Waals surface area (Å²) >= 11 is 0. The largest absolute Gasteiger partial charge is 0.507 e. The fraction of sp³-hybridized carbons (Fsp3) is 0.176. The smallest absolute Gasteiger partial charge is 0.312 e. The number of benzene rings is 4. The average Bonchev–Trinajstić information content (AvgIpc) is 3.46. The molecule has 0 spiro atoms. The number of hydrogen-bond donors (Lipinski definition) is 3. The van der Waals surface area contributed by atoms with Crippen LogP contribution < -0.4 is 19.6 Å². The van der Waals surface area contributed by atoms with E-state index < -0.39 is 17.3 Å². The molecule has 0 saturated heterocycles. The summed E-state index contributed by atoms with van der Waals surface area (Å²) in [5.74, 6) is -0.544. The monoisotopic (exact) mass is 578 g/mol. The summed E-state index contributed by atoms with van der Waals surface area (Å²) in [7, 11) is 0. The van der Waals surface area contributed by atoms with Crippen LogP contribution in [0.15, 0.2) is 82.0 Å². The van der Waals surface area contributed by atoms with Gasteiger partial charge in [0.2, 0.25) is 0 Å². The number of para-hydroxylation sites is 1. The molecule has 9 heteroatoms. The van der Waals surface area contributed by atoms with Crippen molar-refractivity contribution in [2.45, 2.75) is 25.2 Å². The van der Waals surface area contributed by atoms with Crippen molar-refractivity contribution in [1.29, 1.82) is 0 Å². The minimum Gasteiger partial charge on any atom is -0.507 e. The minimum atomic E-state index is -0.612. The summed E-state index contributed by atoms with van der Waals surface area (Å²) < 4.78 is 23.6. The maximum atomic E-state index is 13.3. The summed E-state index contributed by atoms with van der Waals surface area (Å²) in [5, 5.41) is 30.5. The number of esters is 1. The van der Waals surface area contributed by atoms with Crippen molar-refractivity contribution in [1.82, 2.24) is 0 Å². The molecule has 0 saturated carbocycles. The molecular formula is C34H26O9. The molecule has 1 aromatic heterocycles. The maximum Gasteiger partial charge on any atom is 0.312 e.